The van der Waals surface area contributed by atoms with Crippen LogP contribution in [0.3, 0.4) is 0 Å². The van der Waals surface area contributed by atoms with Crippen LogP contribution in [0.1, 0.15) is 52.4 Å². The second kappa shape index (κ2) is 5.85. The molecule has 98 valence electrons. The molecular formula is C14H26N2O. The standard InChI is InChI=1S/C14H26N2O/c1-11-5-7-13(8-6-11)15-12(2)14(17)16-9-3-4-10-16/h11-13,15H,3-10H2,1-2H3. The van der Waals surface area contributed by atoms with Gasteiger partial charge >= 0.3 is 0 Å². The number of carbonyl (C=O) groups is 1. The molecule has 0 radical (unpaired) electrons. The Labute approximate surface area is 105 Å². The van der Waals surface area contributed by atoms with Crippen LogP contribution in [0.15, 0.2) is 0 Å². The fourth-order valence-electron chi connectivity index (χ4n) is 3.06. The molecular weight excluding hydrogens is 212 g/mol. The molecule has 0 aromatic rings. The van der Waals surface area contributed by atoms with Gasteiger partial charge in [-0.2, -0.15) is 0 Å². The summed E-state index contributed by atoms with van der Waals surface area (Å²) in [5.41, 5.74) is 0. The lowest BCUT2D eigenvalue weighted by molar-refractivity contribution is -0.132. The molecule has 2 fully saturated rings. The largest absolute Gasteiger partial charge is 0.341 e. The molecule has 1 amide bonds. The highest BCUT2D eigenvalue weighted by atomic mass is 16.2. The van der Waals surface area contributed by atoms with E-state index < -0.39 is 0 Å². The van der Waals surface area contributed by atoms with Gasteiger partial charge in [0.1, 0.15) is 0 Å². The fourth-order valence-corrected chi connectivity index (χ4v) is 3.06. The van der Waals surface area contributed by atoms with Crippen LogP contribution in [0.5, 0.6) is 0 Å². The molecule has 1 aliphatic heterocycles. The van der Waals surface area contributed by atoms with E-state index in [2.05, 4.69) is 12.2 Å². The maximum atomic E-state index is 12.1. The Morgan fingerprint density at radius 2 is 1.76 bits per heavy atom. The van der Waals surface area contributed by atoms with Gasteiger partial charge in [0.15, 0.2) is 0 Å². The highest BCUT2D eigenvalue weighted by Gasteiger charge is 2.26. The summed E-state index contributed by atoms with van der Waals surface area (Å²) in [6, 6.07) is 0.569. The molecule has 2 aliphatic rings. The minimum atomic E-state index is 0.00602. The highest BCUT2D eigenvalue weighted by Crippen LogP contribution is 2.23. The average molecular weight is 238 g/mol. The van der Waals surface area contributed by atoms with Gasteiger partial charge in [0.05, 0.1) is 6.04 Å². The fraction of sp³-hybridized carbons (Fsp3) is 0.929. The second-order valence-corrected chi connectivity index (χ2v) is 5.88. The van der Waals surface area contributed by atoms with Crippen molar-refractivity contribution in [3.8, 4) is 0 Å². The average Bonchev–Trinajstić information content (AvgIpc) is 2.84. The van der Waals surface area contributed by atoms with Crippen LogP contribution in [0.4, 0.5) is 0 Å². The maximum Gasteiger partial charge on any atom is 0.239 e. The first kappa shape index (κ1) is 12.9. The normalized spacial score (nSPS) is 31.5. The molecule has 1 N–H and O–H groups in total. The molecule has 0 spiro atoms. The molecule has 1 heterocycles. The molecule has 1 saturated heterocycles. The van der Waals surface area contributed by atoms with E-state index in [0.29, 0.717) is 11.9 Å². The van der Waals surface area contributed by atoms with Crippen LogP contribution in [-0.4, -0.2) is 36.0 Å². The third-order valence-electron chi connectivity index (χ3n) is 4.29. The van der Waals surface area contributed by atoms with Crippen molar-refractivity contribution < 1.29 is 4.79 Å². The Balaban J connectivity index is 1.76. The lowest BCUT2D eigenvalue weighted by Gasteiger charge is -2.30. The van der Waals surface area contributed by atoms with E-state index in [1.54, 1.807) is 0 Å². The molecule has 1 atom stereocenters. The SMILES string of the molecule is CC1CCC(NC(C)C(=O)N2CCCC2)CC1. The van der Waals surface area contributed by atoms with Gasteiger partial charge in [-0.1, -0.05) is 6.92 Å². The molecule has 3 nitrogen and oxygen atoms in total. The number of hydrogen-bond donors (Lipinski definition) is 1. The third-order valence-corrected chi connectivity index (χ3v) is 4.29. The Bertz CT molecular complexity index is 253. The van der Waals surface area contributed by atoms with Crippen LogP contribution in [0.25, 0.3) is 0 Å². The topological polar surface area (TPSA) is 32.3 Å². The second-order valence-electron chi connectivity index (χ2n) is 5.88. The van der Waals surface area contributed by atoms with E-state index in [0.717, 1.165) is 19.0 Å². The van der Waals surface area contributed by atoms with Crippen LogP contribution in [0.2, 0.25) is 0 Å². The summed E-state index contributed by atoms with van der Waals surface area (Å²) in [7, 11) is 0. The number of rotatable bonds is 3. The number of nitrogens with one attached hydrogen (secondary N) is 1. The summed E-state index contributed by atoms with van der Waals surface area (Å²) >= 11 is 0. The summed E-state index contributed by atoms with van der Waals surface area (Å²) in [5, 5.41) is 3.52. The maximum absolute atomic E-state index is 12.1. The van der Waals surface area contributed by atoms with E-state index in [1.165, 1.54) is 38.5 Å². The van der Waals surface area contributed by atoms with Gasteiger partial charge in [-0.05, 0) is 51.4 Å². The van der Waals surface area contributed by atoms with Crippen molar-refractivity contribution in [3.63, 3.8) is 0 Å². The zero-order chi connectivity index (χ0) is 12.3. The van der Waals surface area contributed by atoms with Crippen LogP contribution >= 0.6 is 0 Å². The summed E-state index contributed by atoms with van der Waals surface area (Å²) in [4.78, 5) is 14.2. The lowest BCUT2D eigenvalue weighted by atomic mass is 9.87. The van der Waals surface area contributed by atoms with Gasteiger partial charge in [0.25, 0.3) is 0 Å². The van der Waals surface area contributed by atoms with Crippen molar-refractivity contribution in [1.82, 2.24) is 10.2 Å². The van der Waals surface area contributed by atoms with Gasteiger partial charge in [-0.3, -0.25) is 4.79 Å². The van der Waals surface area contributed by atoms with E-state index in [4.69, 9.17) is 0 Å². The van der Waals surface area contributed by atoms with Crippen LogP contribution < -0.4 is 5.32 Å². The smallest absolute Gasteiger partial charge is 0.239 e. The van der Waals surface area contributed by atoms with Crippen LogP contribution in [-0.2, 0) is 4.79 Å². The summed E-state index contributed by atoms with van der Waals surface area (Å²) in [6.07, 6.45) is 7.45. The highest BCUT2D eigenvalue weighted by molar-refractivity contribution is 5.81. The molecule has 3 heteroatoms. The lowest BCUT2D eigenvalue weighted by Crippen LogP contribution is -2.48. The molecule has 2 rings (SSSR count). The minimum absolute atomic E-state index is 0.00602. The Morgan fingerprint density at radius 1 is 1.18 bits per heavy atom. The van der Waals surface area contributed by atoms with Crippen molar-refractivity contribution in [2.24, 2.45) is 5.92 Å². The first-order valence-electron chi connectivity index (χ1n) is 7.21. The van der Waals surface area contributed by atoms with E-state index >= 15 is 0 Å². The van der Waals surface area contributed by atoms with Crippen molar-refractivity contribution in [2.45, 2.75) is 64.5 Å². The Kier molecular flexibility index (Phi) is 4.43. The zero-order valence-corrected chi connectivity index (χ0v) is 11.2. The van der Waals surface area contributed by atoms with Gasteiger partial charge in [0.2, 0.25) is 5.91 Å². The van der Waals surface area contributed by atoms with Gasteiger partial charge in [-0.15, -0.1) is 0 Å². The molecule has 17 heavy (non-hydrogen) atoms. The third kappa shape index (κ3) is 3.44. The van der Waals surface area contributed by atoms with Gasteiger partial charge in [0, 0.05) is 19.1 Å². The first-order valence-corrected chi connectivity index (χ1v) is 7.21. The first-order chi connectivity index (χ1) is 8.16. The zero-order valence-electron chi connectivity index (χ0n) is 11.2. The number of nitrogens with zero attached hydrogens (tertiary/aromatic N) is 1. The molecule has 0 aromatic heterocycles. The molecule has 1 unspecified atom stereocenters. The summed E-state index contributed by atoms with van der Waals surface area (Å²) in [5.74, 6) is 1.18. The van der Waals surface area contributed by atoms with Gasteiger partial charge < -0.3 is 10.2 Å². The van der Waals surface area contributed by atoms with Crippen molar-refractivity contribution >= 4 is 5.91 Å². The predicted molar refractivity (Wildman–Crippen MR) is 69.8 cm³/mol. The van der Waals surface area contributed by atoms with Crippen molar-refractivity contribution in [2.75, 3.05) is 13.1 Å². The monoisotopic (exact) mass is 238 g/mol. The van der Waals surface area contributed by atoms with Crippen LogP contribution in [0, 0.1) is 5.92 Å². The number of hydrogen-bond acceptors (Lipinski definition) is 2. The number of likely N-dealkylation sites (tertiary alicyclic amines) is 1. The van der Waals surface area contributed by atoms with Gasteiger partial charge in [-0.25, -0.2) is 0 Å². The molecule has 0 aromatic carbocycles. The van der Waals surface area contributed by atoms with Crippen molar-refractivity contribution in [1.29, 1.82) is 0 Å². The van der Waals surface area contributed by atoms with E-state index in [9.17, 15) is 4.79 Å². The predicted octanol–water partition coefficient (Wildman–Crippen LogP) is 2.17. The Morgan fingerprint density at radius 3 is 2.35 bits per heavy atom. The molecule has 1 aliphatic carbocycles. The summed E-state index contributed by atoms with van der Waals surface area (Å²) < 4.78 is 0. The van der Waals surface area contributed by atoms with E-state index in [1.807, 2.05) is 11.8 Å². The van der Waals surface area contributed by atoms with Crippen molar-refractivity contribution in [3.05, 3.63) is 0 Å². The van der Waals surface area contributed by atoms with E-state index in [-0.39, 0.29) is 6.04 Å². The Hall–Kier alpha value is -0.570. The quantitative estimate of drug-likeness (QED) is 0.817. The molecule has 1 saturated carbocycles. The summed E-state index contributed by atoms with van der Waals surface area (Å²) in [6.45, 7) is 6.28. The number of amides is 1. The number of carbonyl (C=O) groups excluding carboxylic acids is 1. The minimum Gasteiger partial charge on any atom is -0.341 e. The molecule has 0 bridgehead atoms.